The molecule has 0 saturated heterocycles. The summed E-state index contributed by atoms with van der Waals surface area (Å²) in [4.78, 5) is 31.1. The van der Waals surface area contributed by atoms with Crippen molar-refractivity contribution < 1.29 is 14.7 Å². The summed E-state index contributed by atoms with van der Waals surface area (Å²) in [6, 6.07) is 5.18. The average Bonchev–Trinajstić information content (AvgIpc) is 3.02. The third-order valence-corrected chi connectivity index (χ3v) is 4.88. The van der Waals surface area contributed by atoms with Crippen molar-refractivity contribution in [2.24, 2.45) is 5.41 Å². The van der Waals surface area contributed by atoms with Gasteiger partial charge in [-0.3, -0.25) is 14.6 Å². The minimum Gasteiger partial charge on any atom is -0.481 e. The number of H-pyrrole nitrogens is 1. The lowest BCUT2D eigenvalue weighted by atomic mass is 9.77. The number of rotatable bonds is 5. The Kier molecular flexibility index (Phi) is 5.17. The topological polar surface area (TPSA) is 95.1 Å². The van der Waals surface area contributed by atoms with E-state index in [2.05, 4.69) is 35.2 Å². The molecule has 27 heavy (non-hydrogen) atoms. The monoisotopic (exact) mass is 367 g/mol. The number of aromatic amines is 1. The summed E-state index contributed by atoms with van der Waals surface area (Å²) in [6.07, 6.45) is 6.58. The van der Waals surface area contributed by atoms with E-state index in [9.17, 15) is 9.59 Å². The number of carbonyl (C=O) groups is 2. The Morgan fingerprint density at radius 3 is 2.70 bits per heavy atom. The van der Waals surface area contributed by atoms with Gasteiger partial charge in [0, 0.05) is 6.20 Å². The van der Waals surface area contributed by atoms with Crippen molar-refractivity contribution in [3.63, 3.8) is 0 Å². The van der Waals surface area contributed by atoms with Crippen LogP contribution in [-0.2, 0) is 11.2 Å². The van der Waals surface area contributed by atoms with E-state index in [-0.39, 0.29) is 17.7 Å². The predicted molar refractivity (Wildman–Crippen MR) is 105 cm³/mol. The fraction of sp³-hybridized carbons (Fsp3) is 0.381. The van der Waals surface area contributed by atoms with Crippen molar-refractivity contribution in [1.82, 2.24) is 9.97 Å². The third kappa shape index (κ3) is 4.64. The zero-order valence-electron chi connectivity index (χ0n) is 15.9. The molecule has 0 atom stereocenters. The number of nitrogens with zero attached hydrogens (tertiary/aromatic N) is 1. The standard InChI is InChI=1S/C21H25N3O3/c1-13-10-17(22-12-13)20(27)24-16-5-4-15(11-18(25)26)23-19(16)14-6-8-21(2,3)9-7-14/h4-6,10,12,22H,7-9,11H2,1-3H3,(H,24,27)(H,25,26). The van der Waals surface area contributed by atoms with Crippen LogP contribution in [0.15, 0.2) is 30.5 Å². The minimum atomic E-state index is -0.925. The maximum Gasteiger partial charge on any atom is 0.309 e. The highest BCUT2D eigenvalue weighted by Crippen LogP contribution is 2.39. The predicted octanol–water partition coefficient (Wildman–Crippen LogP) is 4.19. The molecule has 0 bridgehead atoms. The minimum absolute atomic E-state index is 0.143. The molecule has 3 rings (SSSR count). The van der Waals surface area contributed by atoms with Crippen molar-refractivity contribution in [3.8, 4) is 0 Å². The second-order valence-electron chi connectivity index (χ2n) is 7.91. The largest absolute Gasteiger partial charge is 0.481 e. The van der Waals surface area contributed by atoms with Crippen LogP contribution in [0, 0.1) is 12.3 Å². The lowest BCUT2D eigenvalue weighted by molar-refractivity contribution is -0.136. The number of aromatic nitrogens is 2. The summed E-state index contributed by atoms with van der Waals surface area (Å²) in [7, 11) is 0. The number of allylic oxidation sites excluding steroid dienone is 2. The second-order valence-corrected chi connectivity index (χ2v) is 7.91. The number of carboxylic acids is 1. The number of pyridine rings is 1. The maximum atomic E-state index is 12.5. The molecule has 0 radical (unpaired) electrons. The highest BCUT2D eigenvalue weighted by Gasteiger charge is 2.24. The molecule has 6 nitrogen and oxygen atoms in total. The Balaban J connectivity index is 1.93. The SMILES string of the molecule is Cc1c[nH]c(C(=O)Nc2ccc(CC(=O)O)nc2C2=CCC(C)(C)CC2)c1. The Morgan fingerprint density at radius 2 is 2.11 bits per heavy atom. The number of carbonyl (C=O) groups excluding carboxylic acids is 1. The molecule has 1 aliphatic carbocycles. The molecular weight excluding hydrogens is 342 g/mol. The van der Waals surface area contributed by atoms with Gasteiger partial charge in [0.15, 0.2) is 0 Å². The summed E-state index contributed by atoms with van der Waals surface area (Å²) >= 11 is 0. The number of hydrogen-bond acceptors (Lipinski definition) is 3. The quantitative estimate of drug-likeness (QED) is 0.738. The van der Waals surface area contributed by atoms with Gasteiger partial charge >= 0.3 is 5.97 Å². The molecule has 142 valence electrons. The van der Waals surface area contributed by atoms with Crippen LogP contribution in [0.4, 0.5) is 5.69 Å². The Morgan fingerprint density at radius 1 is 1.33 bits per heavy atom. The van der Waals surface area contributed by atoms with Gasteiger partial charge in [-0.25, -0.2) is 0 Å². The van der Waals surface area contributed by atoms with Gasteiger partial charge in [0.25, 0.3) is 5.91 Å². The smallest absolute Gasteiger partial charge is 0.309 e. The number of amides is 1. The fourth-order valence-corrected chi connectivity index (χ4v) is 3.21. The van der Waals surface area contributed by atoms with Gasteiger partial charge in [0.2, 0.25) is 0 Å². The summed E-state index contributed by atoms with van der Waals surface area (Å²) in [5, 5.41) is 12.0. The molecule has 0 aromatic carbocycles. The summed E-state index contributed by atoms with van der Waals surface area (Å²) in [5.74, 6) is -1.17. The number of anilines is 1. The molecule has 3 N–H and O–H groups in total. The molecule has 2 aromatic rings. The van der Waals surface area contributed by atoms with Gasteiger partial charge in [-0.2, -0.15) is 0 Å². The van der Waals surface area contributed by atoms with E-state index in [0.29, 0.717) is 22.8 Å². The van der Waals surface area contributed by atoms with E-state index in [0.717, 1.165) is 30.4 Å². The van der Waals surface area contributed by atoms with Gasteiger partial charge in [-0.05, 0) is 60.9 Å². The van der Waals surface area contributed by atoms with E-state index < -0.39 is 5.97 Å². The lowest BCUT2D eigenvalue weighted by Gasteiger charge is -2.29. The van der Waals surface area contributed by atoms with Crippen LogP contribution in [0.2, 0.25) is 0 Å². The average molecular weight is 367 g/mol. The van der Waals surface area contributed by atoms with Gasteiger partial charge < -0.3 is 15.4 Å². The molecule has 0 fully saturated rings. The second kappa shape index (κ2) is 7.39. The van der Waals surface area contributed by atoms with Gasteiger partial charge in [0.1, 0.15) is 5.69 Å². The van der Waals surface area contributed by atoms with Crippen LogP contribution in [0.3, 0.4) is 0 Å². The summed E-state index contributed by atoms with van der Waals surface area (Å²) in [6.45, 7) is 6.37. The summed E-state index contributed by atoms with van der Waals surface area (Å²) < 4.78 is 0. The van der Waals surface area contributed by atoms with E-state index in [1.54, 1.807) is 24.4 Å². The molecule has 2 aromatic heterocycles. The molecule has 0 saturated carbocycles. The zero-order chi connectivity index (χ0) is 19.6. The summed E-state index contributed by atoms with van der Waals surface area (Å²) in [5.41, 5.74) is 4.51. The van der Waals surface area contributed by atoms with Crippen molar-refractivity contribution >= 4 is 23.1 Å². The molecule has 0 unspecified atom stereocenters. The van der Waals surface area contributed by atoms with E-state index in [1.807, 2.05) is 6.92 Å². The molecule has 0 aliphatic heterocycles. The third-order valence-electron chi connectivity index (χ3n) is 4.88. The molecule has 1 amide bonds. The fourth-order valence-electron chi connectivity index (χ4n) is 3.21. The van der Waals surface area contributed by atoms with Crippen LogP contribution in [0.1, 0.15) is 60.5 Å². The maximum absolute atomic E-state index is 12.5. The van der Waals surface area contributed by atoms with E-state index in [4.69, 9.17) is 5.11 Å². The van der Waals surface area contributed by atoms with Crippen molar-refractivity contribution in [3.05, 3.63) is 53.1 Å². The van der Waals surface area contributed by atoms with Crippen LogP contribution >= 0.6 is 0 Å². The molecule has 1 aliphatic rings. The van der Waals surface area contributed by atoms with Crippen LogP contribution < -0.4 is 5.32 Å². The zero-order valence-corrected chi connectivity index (χ0v) is 15.9. The highest BCUT2D eigenvalue weighted by atomic mass is 16.4. The molecule has 0 spiro atoms. The number of aliphatic carboxylic acids is 1. The molecular formula is C21H25N3O3. The van der Waals surface area contributed by atoms with Crippen molar-refractivity contribution in [2.45, 2.75) is 46.5 Å². The first-order chi connectivity index (χ1) is 12.7. The lowest BCUT2D eigenvalue weighted by Crippen LogP contribution is -2.18. The van der Waals surface area contributed by atoms with Gasteiger partial charge in [-0.1, -0.05) is 19.9 Å². The Hall–Kier alpha value is -2.89. The van der Waals surface area contributed by atoms with Crippen molar-refractivity contribution in [2.75, 3.05) is 5.32 Å². The van der Waals surface area contributed by atoms with Crippen LogP contribution in [0.5, 0.6) is 0 Å². The highest BCUT2D eigenvalue weighted by molar-refractivity contribution is 6.04. The first-order valence-corrected chi connectivity index (χ1v) is 9.11. The van der Waals surface area contributed by atoms with E-state index >= 15 is 0 Å². The van der Waals surface area contributed by atoms with Crippen LogP contribution in [0.25, 0.3) is 5.57 Å². The van der Waals surface area contributed by atoms with Crippen molar-refractivity contribution in [1.29, 1.82) is 0 Å². The normalized spacial score (nSPS) is 15.9. The first kappa shape index (κ1) is 18.9. The molecule has 2 heterocycles. The van der Waals surface area contributed by atoms with Crippen LogP contribution in [-0.4, -0.2) is 27.0 Å². The van der Waals surface area contributed by atoms with Gasteiger partial charge in [-0.15, -0.1) is 0 Å². The Labute approximate surface area is 158 Å². The Bertz CT molecular complexity index is 909. The number of aryl methyl sites for hydroxylation is 1. The molecule has 6 heteroatoms. The number of hydrogen-bond donors (Lipinski definition) is 3. The number of carboxylic acid groups (broad SMARTS) is 1. The number of nitrogens with one attached hydrogen (secondary N) is 2. The first-order valence-electron chi connectivity index (χ1n) is 9.11. The van der Waals surface area contributed by atoms with E-state index in [1.165, 1.54) is 0 Å². The van der Waals surface area contributed by atoms with Gasteiger partial charge in [0.05, 0.1) is 23.5 Å².